The van der Waals surface area contributed by atoms with Crippen LogP contribution in [0.1, 0.15) is 56.1 Å². The van der Waals surface area contributed by atoms with Crippen molar-refractivity contribution in [3.63, 3.8) is 0 Å². The van der Waals surface area contributed by atoms with Crippen LogP contribution >= 0.6 is 0 Å². The van der Waals surface area contributed by atoms with Crippen LogP contribution in [0.5, 0.6) is 0 Å². The lowest BCUT2D eigenvalue weighted by atomic mass is 9.98. The Hall–Kier alpha value is -2.12. The van der Waals surface area contributed by atoms with Crippen LogP contribution in [0.3, 0.4) is 0 Å². The highest BCUT2D eigenvalue weighted by molar-refractivity contribution is 5.99. The second-order valence-corrected chi connectivity index (χ2v) is 6.63. The van der Waals surface area contributed by atoms with Crippen LogP contribution < -0.4 is 11.1 Å². The SMILES string of the molecule is CC(=O)c1cc(C(O)C(O)CCNC(=O)OC(C)(C)C)ccc1N. The Morgan fingerprint density at radius 3 is 2.46 bits per heavy atom. The number of carbonyl (C=O) groups is 2. The standard InChI is InChI=1S/C17H26N2O5/c1-10(20)12-9-11(5-6-13(12)18)15(22)14(21)7-8-19-16(23)24-17(2,3)4/h5-6,9,14-15,21-22H,7-8,18H2,1-4H3,(H,19,23). The second kappa shape index (κ2) is 8.12. The van der Waals surface area contributed by atoms with Gasteiger partial charge in [-0.3, -0.25) is 4.79 Å². The van der Waals surface area contributed by atoms with Crippen molar-refractivity contribution in [1.29, 1.82) is 0 Å². The quantitative estimate of drug-likeness (QED) is 0.463. The Morgan fingerprint density at radius 2 is 1.92 bits per heavy atom. The molecule has 0 saturated heterocycles. The number of aliphatic hydroxyl groups is 2. The molecule has 7 nitrogen and oxygen atoms in total. The average Bonchev–Trinajstić information content (AvgIpc) is 2.44. The average molecular weight is 338 g/mol. The minimum absolute atomic E-state index is 0.125. The molecule has 0 heterocycles. The zero-order valence-electron chi connectivity index (χ0n) is 14.5. The minimum atomic E-state index is -1.19. The Morgan fingerprint density at radius 1 is 1.29 bits per heavy atom. The molecule has 24 heavy (non-hydrogen) atoms. The first kappa shape index (κ1) is 19.9. The fraction of sp³-hybridized carbons (Fsp3) is 0.529. The zero-order chi connectivity index (χ0) is 18.5. The molecule has 0 radical (unpaired) electrons. The largest absolute Gasteiger partial charge is 0.444 e. The van der Waals surface area contributed by atoms with Gasteiger partial charge < -0.3 is 26.0 Å². The van der Waals surface area contributed by atoms with Crippen molar-refractivity contribution >= 4 is 17.6 Å². The van der Waals surface area contributed by atoms with E-state index in [1.54, 1.807) is 26.8 Å². The van der Waals surface area contributed by atoms with Crippen LogP contribution in [0.25, 0.3) is 0 Å². The molecule has 2 atom stereocenters. The molecule has 0 bridgehead atoms. The summed E-state index contributed by atoms with van der Waals surface area (Å²) in [6.45, 7) is 6.77. The van der Waals surface area contributed by atoms with Crippen molar-refractivity contribution in [3.05, 3.63) is 29.3 Å². The molecular weight excluding hydrogens is 312 g/mol. The molecule has 7 heteroatoms. The molecule has 0 fully saturated rings. The molecule has 0 spiro atoms. The molecule has 0 aliphatic rings. The fourth-order valence-corrected chi connectivity index (χ4v) is 2.08. The van der Waals surface area contributed by atoms with Gasteiger partial charge in [0.05, 0.1) is 6.10 Å². The van der Waals surface area contributed by atoms with Crippen LogP contribution in [0, 0.1) is 0 Å². The number of nitrogen functional groups attached to an aromatic ring is 1. The number of rotatable bonds is 6. The van der Waals surface area contributed by atoms with Gasteiger partial charge in [-0.1, -0.05) is 6.07 Å². The Kier molecular flexibility index (Phi) is 6.74. The highest BCUT2D eigenvalue weighted by Crippen LogP contribution is 2.23. The van der Waals surface area contributed by atoms with Crippen LogP contribution in [-0.2, 0) is 4.74 Å². The number of carbonyl (C=O) groups excluding carboxylic acids is 2. The van der Waals surface area contributed by atoms with E-state index in [4.69, 9.17) is 10.5 Å². The highest BCUT2D eigenvalue weighted by Gasteiger charge is 2.21. The minimum Gasteiger partial charge on any atom is -0.444 e. The van der Waals surface area contributed by atoms with Gasteiger partial charge in [0.2, 0.25) is 0 Å². The van der Waals surface area contributed by atoms with E-state index in [-0.39, 0.29) is 18.7 Å². The lowest BCUT2D eigenvalue weighted by Crippen LogP contribution is -2.34. The van der Waals surface area contributed by atoms with Gasteiger partial charge in [-0.25, -0.2) is 4.79 Å². The van der Waals surface area contributed by atoms with Crippen LogP contribution in [0.4, 0.5) is 10.5 Å². The molecule has 0 aliphatic heterocycles. The molecule has 0 aromatic heterocycles. The first-order valence-electron chi connectivity index (χ1n) is 7.74. The van der Waals surface area contributed by atoms with Gasteiger partial charge in [-0.2, -0.15) is 0 Å². The maximum absolute atomic E-state index is 11.5. The maximum Gasteiger partial charge on any atom is 0.407 e. The number of amides is 1. The van der Waals surface area contributed by atoms with Crippen LogP contribution in [0.15, 0.2) is 18.2 Å². The fourth-order valence-electron chi connectivity index (χ4n) is 2.08. The van der Waals surface area contributed by atoms with E-state index in [9.17, 15) is 19.8 Å². The second-order valence-electron chi connectivity index (χ2n) is 6.63. The van der Waals surface area contributed by atoms with Gasteiger partial charge in [0.15, 0.2) is 5.78 Å². The summed E-state index contributed by atoms with van der Waals surface area (Å²) in [6, 6.07) is 4.53. The lowest BCUT2D eigenvalue weighted by Gasteiger charge is -2.21. The Balaban J connectivity index is 2.59. The zero-order valence-corrected chi connectivity index (χ0v) is 14.5. The van der Waals surface area contributed by atoms with E-state index in [2.05, 4.69) is 5.32 Å². The molecular formula is C17H26N2O5. The van der Waals surface area contributed by atoms with E-state index < -0.39 is 23.9 Å². The number of nitrogens with one attached hydrogen (secondary N) is 1. The molecule has 0 aliphatic carbocycles. The van der Waals surface area contributed by atoms with Crippen LogP contribution in [0.2, 0.25) is 0 Å². The number of hydrogen-bond donors (Lipinski definition) is 4. The molecule has 1 aromatic rings. The summed E-state index contributed by atoms with van der Waals surface area (Å²) in [5.74, 6) is -0.220. The molecule has 2 unspecified atom stereocenters. The van der Waals surface area contributed by atoms with E-state index in [0.29, 0.717) is 16.8 Å². The summed E-state index contributed by atoms with van der Waals surface area (Å²) >= 11 is 0. The number of aliphatic hydroxyl groups excluding tert-OH is 2. The number of Topliss-reactive ketones (excluding diaryl/α,β-unsaturated/α-hetero) is 1. The third-order valence-corrected chi connectivity index (χ3v) is 3.27. The Bertz CT molecular complexity index is 595. The van der Waals surface area contributed by atoms with Gasteiger partial charge in [0.25, 0.3) is 0 Å². The number of nitrogens with two attached hydrogens (primary N) is 1. The van der Waals surface area contributed by atoms with Gasteiger partial charge >= 0.3 is 6.09 Å². The first-order valence-corrected chi connectivity index (χ1v) is 7.74. The van der Waals surface area contributed by atoms with Crippen molar-refractivity contribution in [2.45, 2.75) is 51.9 Å². The number of alkyl carbamates (subject to hydrolysis) is 1. The molecule has 0 saturated carbocycles. The van der Waals surface area contributed by atoms with Crippen molar-refractivity contribution in [2.24, 2.45) is 0 Å². The van der Waals surface area contributed by atoms with Crippen molar-refractivity contribution in [2.75, 3.05) is 12.3 Å². The van der Waals surface area contributed by atoms with E-state index >= 15 is 0 Å². The van der Waals surface area contributed by atoms with E-state index in [0.717, 1.165) is 0 Å². The number of ketones is 1. The van der Waals surface area contributed by atoms with Gasteiger partial charge in [0.1, 0.15) is 11.7 Å². The number of ether oxygens (including phenoxy) is 1. The Labute approximate surface area is 141 Å². The predicted molar refractivity (Wildman–Crippen MR) is 90.7 cm³/mol. The third kappa shape index (κ3) is 6.17. The number of anilines is 1. The molecule has 1 rings (SSSR count). The summed E-state index contributed by atoms with van der Waals surface area (Å²) < 4.78 is 5.07. The summed E-state index contributed by atoms with van der Waals surface area (Å²) in [6.07, 6.45) is -2.76. The number of hydrogen-bond acceptors (Lipinski definition) is 6. The molecule has 5 N–H and O–H groups in total. The monoisotopic (exact) mass is 338 g/mol. The summed E-state index contributed by atoms with van der Waals surface area (Å²) in [5.41, 5.74) is 6.11. The smallest absolute Gasteiger partial charge is 0.407 e. The van der Waals surface area contributed by atoms with Gasteiger partial charge in [-0.05, 0) is 51.8 Å². The van der Waals surface area contributed by atoms with Crippen molar-refractivity contribution in [1.82, 2.24) is 5.32 Å². The van der Waals surface area contributed by atoms with E-state index in [1.807, 2.05) is 0 Å². The maximum atomic E-state index is 11.5. The third-order valence-electron chi connectivity index (χ3n) is 3.27. The predicted octanol–water partition coefficient (Wildman–Crippen LogP) is 1.78. The molecule has 1 amide bonds. The molecule has 134 valence electrons. The normalized spacial score (nSPS) is 13.9. The first-order chi connectivity index (χ1) is 11.0. The summed E-state index contributed by atoms with van der Waals surface area (Å²) in [7, 11) is 0. The summed E-state index contributed by atoms with van der Waals surface area (Å²) in [5, 5.41) is 22.8. The summed E-state index contributed by atoms with van der Waals surface area (Å²) in [4.78, 5) is 23.0. The van der Waals surface area contributed by atoms with Gasteiger partial charge in [-0.15, -0.1) is 0 Å². The lowest BCUT2D eigenvalue weighted by molar-refractivity contribution is 0.0123. The van der Waals surface area contributed by atoms with Crippen molar-refractivity contribution < 1.29 is 24.5 Å². The molecule has 1 aromatic carbocycles. The highest BCUT2D eigenvalue weighted by atomic mass is 16.6. The van der Waals surface area contributed by atoms with Crippen LogP contribution in [-0.4, -0.2) is 40.3 Å². The van der Waals surface area contributed by atoms with E-state index in [1.165, 1.54) is 19.1 Å². The topological polar surface area (TPSA) is 122 Å². The van der Waals surface area contributed by atoms with Crippen molar-refractivity contribution in [3.8, 4) is 0 Å². The van der Waals surface area contributed by atoms with Gasteiger partial charge in [0, 0.05) is 17.8 Å². The number of benzene rings is 1.